The van der Waals surface area contributed by atoms with Crippen molar-refractivity contribution < 1.29 is 28.6 Å². The Morgan fingerprint density at radius 1 is 1.31 bits per heavy atom. The van der Waals surface area contributed by atoms with E-state index in [1.807, 2.05) is 6.92 Å². The van der Waals surface area contributed by atoms with Gasteiger partial charge < -0.3 is 14.2 Å². The molecule has 1 aromatic carbocycles. The van der Waals surface area contributed by atoms with Crippen LogP contribution < -0.4 is 14.9 Å². The van der Waals surface area contributed by atoms with Gasteiger partial charge in [0.15, 0.2) is 22.4 Å². The average Bonchev–Trinajstić information content (AvgIpc) is 3.38. The van der Waals surface area contributed by atoms with Gasteiger partial charge in [-0.1, -0.05) is 17.8 Å². The number of thiocarbonyl (C=S) groups is 1. The first kappa shape index (κ1) is 24.2. The molecule has 168 valence electrons. The fourth-order valence-electron chi connectivity index (χ4n) is 2.54. The third-order valence-corrected chi connectivity index (χ3v) is 6.70. The number of hydrogen-bond acceptors (Lipinski definition) is 9. The first-order chi connectivity index (χ1) is 15.3. The molecule has 0 atom stereocenters. The zero-order valence-electron chi connectivity index (χ0n) is 16.9. The molecule has 12 heteroatoms. The second-order valence-corrected chi connectivity index (χ2v) is 9.54. The Morgan fingerprint density at radius 3 is 2.75 bits per heavy atom. The number of nitrogens with zero attached hydrogens (tertiary/aromatic N) is 1. The molecule has 0 spiro atoms. The van der Waals surface area contributed by atoms with Crippen LogP contribution in [0.2, 0.25) is 0 Å². The first-order valence-corrected chi connectivity index (χ1v) is 12.0. The predicted molar refractivity (Wildman–Crippen MR) is 130 cm³/mol. The molecule has 0 aliphatic carbocycles. The molecule has 0 bridgehead atoms. The standard InChI is InChI=1S/C20H17BrN2O6S3/c1-3-28-13-8-11(7-12(21)17(13)29-10-16(24)27-2)9-15-19(26)23(20(30)32-15)22-18(25)14-5-4-6-31-14/h4-9H,3,10H2,1-2H3,(H,22,25)/b15-9-. The Morgan fingerprint density at radius 2 is 2.09 bits per heavy atom. The smallest absolute Gasteiger partial charge is 0.343 e. The zero-order chi connectivity index (χ0) is 23.3. The Hall–Kier alpha value is -2.41. The minimum atomic E-state index is -0.531. The van der Waals surface area contributed by atoms with Gasteiger partial charge in [0.25, 0.3) is 11.8 Å². The Kier molecular flexibility index (Phi) is 8.29. The van der Waals surface area contributed by atoms with Crippen molar-refractivity contribution in [3.63, 3.8) is 0 Å². The zero-order valence-corrected chi connectivity index (χ0v) is 20.9. The summed E-state index contributed by atoms with van der Waals surface area (Å²) in [5, 5.41) is 2.83. The molecule has 1 saturated heterocycles. The summed E-state index contributed by atoms with van der Waals surface area (Å²) in [4.78, 5) is 37.3. The quantitative estimate of drug-likeness (QED) is 0.296. The highest BCUT2D eigenvalue weighted by molar-refractivity contribution is 9.10. The number of esters is 1. The van der Waals surface area contributed by atoms with Crippen molar-refractivity contribution in [3.8, 4) is 11.5 Å². The van der Waals surface area contributed by atoms with E-state index in [0.29, 0.717) is 37.9 Å². The number of hydrogen-bond donors (Lipinski definition) is 1. The monoisotopic (exact) mass is 556 g/mol. The lowest BCUT2D eigenvalue weighted by molar-refractivity contribution is -0.143. The molecule has 0 saturated carbocycles. The Labute approximate surface area is 206 Å². The molecule has 2 amide bonds. The topological polar surface area (TPSA) is 94.2 Å². The van der Waals surface area contributed by atoms with E-state index in [9.17, 15) is 14.4 Å². The maximum absolute atomic E-state index is 12.8. The minimum absolute atomic E-state index is 0.216. The van der Waals surface area contributed by atoms with Crippen molar-refractivity contribution in [1.29, 1.82) is 0 Å². The number of amides is 2. The second-order valence-electron chi connectivity index (χ2n) is 6.06. The van der Waals surface area contributed by atoms with Gasteiger partial charge in [0.1, 0.15) is 0 Å². The lowest BCUT2D eigenvalue weighted by atomic mass is 10.2. The number of thiophene rings is 1. The van der Waals surface area contributed by atoms with E-state index in [-0.39, 0.29) is 10.9 Å². The van der Waals surface area contributed by atoms with Gasteiger partial charge in [0.2, 0.25) is 0 Å². The van der Waals surface area contributed by atoms with Crippen molar-refractivity contribution >= 4 is 79.4 Å². The molecule has 1 fully saturated rings. The molecular weight excluding hydrogens is 540 g/mol. The number of ether oxygens (including phenoxy) is 3. The molecule has 2 heterocycles. The van der Waals surface area contributed by atoms with Gasteiger partial charge in [0.05, 0.1) is 28.0 Å². The van der Waals surface area contributed by atoms with Crippen molar-refractivity contribution in [1.82, 2.24) is 10.4 Å². The van der Waals surface area contributed by atoms with Crippen LogP contribution >= 0.6 is 51.2 Å². The van der Waals surface area contributed by atoms with Gasteiger partial charge in [-0.25, -0.2) is 4.79 Å². The molecule has 1 N–H and O–H groups in total. The summed E-state index contributed by atoms with van der Waals surface area (Å²) in [6.45, 7) is 1.89. The molecular formula is C20H17BrN2O6S3. The Balaban J connectivity index is 1.82. The minimum Gasteiger partial charge on any atom is -0.490 e. The van der Waals surface area contributed by atoms with Crippen molar-refractivity contribution in [3.05, 3.63) is 49.5 Å². The maximum atomic E-state index is 12.8. The lowest BCUT2D eigenvalue weighted by Crippen LogP contribution is -2.44. The van der Waals surface area contributed by atoms with Crippen LogP contribution in [0.15, 0.2) is 39.0 Å². The highest BCUT2D eigenvalue weighted by Crippen LogP contribution is 2.39. The summed E-state index contributed by atoms with van der Waals surface area (Å²) < 4.78 is 16.5. The second kappa shape index (κ2) is 10.9. The van der Waals surface area contributed by atoms with Crippen LogP contribution in [-0.4, -0.2) is 47.4 Å². The lowest BCUT2D eigenvalue weighted by Gasteiger charge is -2.15. The third kappa shape index (κ3) is 5.68. The van der Waals surface area contributed by atoms with E-state index in [0.717, 1.165) is 16.8 Å². The SMILES string of the molecule is CCOc1cc(/C=C2\SC(=S)N(NC(=O)c3cccs3)C2=O)cc(Br)c1OCC(=O)OC. The largest absolute Gasteiger partial charge is 0.490 e. The summed E-state index contributed by atoms with van der Waals surface area (Å²) in [5.74, 6) is -0.656. The number of nitrogens with one attached hydrogen (secondary N) is 1. The van der Waals surface area contributed by atoms with E-state index in [2.05, 4.69) is 26.1 Å². The number of carbonyl (C=O) groups is 3. The highest BCUT2D eigenvalue weighted by Gasteiger charge is 2.34. The molecule has 2 aromatic rings. The van der Waals surface area contributed by atoms with Crippen molar-refractivity contribution in [2.45, 2.75) is 6.92 Å². The number of methoxy groups -OCH3 is 1. The van der Waals surface area contributed by atoms with Gasteiger partial charge in [-0.05, 0) is 70.3 Å². The molecule has 1 aromatic heterocycles. The summed E-state index contributed by atoms with van der Waals surface area (Å²) in [5.41, 5.74) is 3.17. The van der Waals surface area contributed by atoms with E-state index in [1.165, 1.54) is 18.4 Å². The number of rotatable bonds is 8. The van der Waals surface area contributed by atoms with Gasteiger partial charge in [-0.2, -0.15) is 5.01 Å². The van der Waals surface area contributed by atoms with Crippen LogP contribution in [0.25, 0.3) is 6.08 Å². The molecule has 1 aliphatic heterocycles. The van der Waals surface area contributed by atoms with Crippen LogP contribution in [0.4, 0.5) is 0 Å². The van der Waals surface area contributed by atoms with Crippen molar-refractivity contribution in [2.24, 2.45) is 0 Å². The number of benzene rings is 1. The van der Waals surface area contributed by atoms with Gasteiger partial charge in [-0.3, -0.25) is 15.0 Å². The number of hydrazine groups is 1. The average molecular weight is 557 g/mol. The molecule has 1 aliphatic rings. The molecule has 8 nitrogen and oxygen atoms in total. The van der Waals surface area contributed by atoms with Crippen molar-refractivity contribution in [2.75, 3.05) is 20.3 Å². The van der Waals surface area contributed by atoms with Gasteiger partial charge in [-0.15, -0.1) is 11.3 Å². The Bertz CT molecular complexity index is 1090. The van der Waals surface area contributed by atoms with E-state index in [1.54, 1.807) is 35.7 Å². The van der Waals surface area contributed by atoms with E-state index < -0.39 is 17.8 Å². The van der Waals surface area contributed by atoms with Crippen LogP contribution in [0.5, 0.6) is 11.5 Å². The summed E-state index contributed by atoms with van der Waals surface area (Å²) in [6, 6.07) is 6.80. The number of halogens is 1. The van der Waals surface area contributed by atoms with E-state index >= 15 is 0 Å². The predicted octanol–water partition coefficient (Wildman–Crippen LogP) is 4.01. The van der Waals surface area contributed by atoms with E-state index in [4.69, 9.17) is 21.7 Å². The number of carbonyl (C=O) groups excluding carboxylic acids is 3. The van der Waals surface area contributed by atoms with Crippen LogP contribution in [0.1, 0.15) is 22.2 Å². The van der Waals surface area contributed by atoms with Crippen LogP contribution in [0.3, 0.4) is 0 Å². The maximum Gasteiger partial charge on any atom is 0.343 e. The molecule has 0 unspecified atom stereocenters. The first-order valence-electron chi connectivity index (χ1n) is 9.12. The van der Waals surface area contributed by atoms with Crippen LogP contribution in [0, 0.1) is 0 Å². The summed E-state index contributed by atoms with van der Waals surface area (Å²) >= 11 is 11.0. The van der Waals surface area contributed by atoms with Gasteiger partial charge in [0, 0.05) is 0 Å². The fraction of sp³-hybridized carbons (Fsp3) is 0.200. The highest BCUT2D eigenvalue weighted by atomic mass is 79.9. The number of thioether (sulfide) groups is 1. The third-order valence-electron chi connectivity index (χ3n) is 3.94. The molecule has 32 heavy (non-hydrogen) atoms. The molecule has 3 rings (SSSR count). The fourth-order valence-corrected chi connectivity index (χ4v) is 4.91. The summed E-state index contributed by atoms with van der Waals surface area (Å²) in [6.07, 6.45) is 1.63. The van der Waals surface area contributed by atoms with Crippen LogP contribution in [-0.2, 0) is 14.3 Å². The normalized spacial score (nSPS) is 14.6. The van der Waals surface area contributed by atoms with Gasteiger partial charge >= 0.3 is 5.97 Å². The summed E-state index contributed by atoms with van der Waals surface area (Å²) in [7, 11) is 1.27. The molecule has 0 radical (unpaired) electrons.